The van der Waals surface area contributed by atoms with E-state index in [1.54, 1.807) is 14.2 Å². The molecule has 0 amide bonds. The van der Waals surface area contributed by atoms with Crippen LogP contribution in [0.3, 0.4) is 0 Å². The van der Waals surface area contributed by atoms with Crippen molar-refractivity contribution in [3.63, 3.8) is 0 Å². The minimum atomic E-state index is 0.135. The number of hydrogen-bond acceptors (Lipinski definition) is 3. The summed E-state index contributed by atoms with van der Waals surface area (Å²) in [6.45, 7) is 2.84. The molecular weight excluding hydrogens is 314 g/mol. The minimum Gasteiger partial charge on any atom is -0.497 e. The van der Waals surface area contributed by atoms with Gasteiger partial charge in [0, 0.05) is 11.5 Å². The number of hydrogen-bond donors (Lipinski definition) is 2. The maximum absolute atomic E-state index is 6.11. The number of nitrogens with two attached hydrogens (primary N) is 1. The van der Waals surface area contributed by atoms with E-state index >= 15 is 0 Å². The van der Waals surface area contributed by atoms with Crippen LogP contribution in [0.15, 0.2) is 47.5 Å². The third-order valence-electron chi connectivity index (χ3n) is 4.79. The second kappa shape index (κ2) is 7.05. The number of aliphatic imine (C=N–C) groups is 1. The fraction of sp³-hybridized carbons (Fsp3) is 0.350. The Bertz CT molecular complexity index is 782. The number of nitrogens with zero attached hydrogens (tertiary/aromatic N) is 1. The highest BCUT2D eigenvalue weighted by molar-refractivity contribution is 5.94. The molecule has 5 heteroatoms. The molecule has 5 nitrogen and oxygen atoms in total. The van der Waals surface area contributed by atoms with Gasteiger partial charge in [-0.1, -0.05) is 24.3 Å². The Hall–Kier alpha value is -2.69. The maximum atomic E-state index is 6.11. The lowest BCUT2D eigenvalue weighted by molar-refractivity contribution is 0.405. The van der Waals surface area contributed by atoms with Gasteiger partial charge in [0.15, 0.2) is 5.96 Å². The third-order valence-corrected chi connectivity index (χ3v) is 4.79. The summed E-state index contributed by atoms with van der Waals surface area (Å²) in [5, 5.41) is 3.13. The molecule has 3 rings (SSSR count). The zero-order chi connectivity index (χ0) is 17.9. The number of benzene rings is 2. The first-order chi connectivity index (χ1) is 12.1. The normalized spacial score (nSPS) is 15.6. The minimum absolute atomic E-state index is 0.135. The van der Waals surface area contributed by atoms with Crippen LogP contribution in [0.4, 0.5) is 5.69 Å². The molecule has 1 aliphatic rings. The molecule has 132 valence electrons. The topological polar surface area (TPSA) is 68.9 Å². The summed E-state index contributed by atoms with van der Waals surface area (Å²) >= 11 is 0. The van der Waals surface area contributed by atoms with Crippen molar-refractivity contribution in [3.8, 4) is 11.5 Å². The van der Waals surface area contributed by atoms with Crippen LogP contribution < -0.4 is 20.5 Å². The molecule has 2 aromatic rings. The van der Waals surface area contributed by atoms with Gasteiger partial charge in [-0.2, -0.15) is 0 Å². The number of aryl methyl sites for hydroxylation is 1. The Morgan fingerprint density at radius 3 is 2.56 bits per heavy atom. The summed E-state index contributed by atoms with van der Waals surface area (Å²) in [6, 6.07) is 14.0. The van der Waals surface area contributed by atoms with Crippen LogP contribution >= 0.6 is 0 Å². The number of nitrogens with one attached hydrogen (secondary N) is 1. The van der Waals surface area contributed by atoms with E-state index in [-0.39, 0.29) is 5.41 Å². The first kappa shape index (κ1) is 17.1. The fourth-order valence-corrected chi connectivity index (χ4v) is 3.16. The monoisotopic (exact) mass is 339 g/mol. The van der Waals surface area contributed by atoms with Gasteiger partial charge in [-0.15, -0.1) is 0 Å². The summed E-state index contributed by atoms with van der Waals surface area (Å²) < 4.78 is 10.6. The molecule has 2 aromatic carbocycles. The van der Waals surface area contributed by atoms with Crippen LogP contribution in [0, 0.1) is 6.92 Å². The van der Waals surface area contributed by atoms with Crippen LogP contribution in [0.25, 0.3) is 0 Å². The average Bonchev–Trinajstić information content (AvgIpc) is 3.41. The Kier molecular flexibility index (Phi) is 4.83. The molecule has 0 atom stereocenters. The van der Waals surface area contributed by atoms with Crippen LogP contribution in [0.5, 0.6) is 11.5 Å². The van der Waals surface area contributed by atoms with Crippen LogP contribution in [-0.4, -0.2) is 26.7 Å². The predicted octanol–water partition coefficient (Wildman–Crippen LogP) is 3.47. The van der Waals surface area contributed by atoms with Gasteiger partial charge in [-0.05, 0) is 43.0 Å². The van der Waals surface area contributed by atoms with Crippen molar-refractivity contribution in [1.82, 2.24) is 0 Å². The molecule has 0 spiro atoms. The van der Waals surface area contributed by atoms with E-state index in [9.17, 15) is 0 Å². The Morgan fingerprint density at radius 1 is 1.16 bits per heavy atom. The van der Waals surface area contributed by atoms with Crippen molar-refractivity contribution in [1.29, 1.82) is 0 Å². The molecule has 1 fully saturated rings. The van der Waals surface area contributed by atoms with E-state index in [0.717, 1.165) is 24.3 Å². The van der Waals surface area contributed by atoms with E-state index in [2.05, 4.69) is 41.5 Å². The standard InChI is InChI=1S/C20H25N3O2/c1-14-6-4-5-7-16(14)20(10-11-20)13-22-19(21)23-17-12-15(24-2)8-9-18(17)25-3/h4-9,12H,10-11,13H2,1-3H3,(H3,21,22,23). The van der Waals surface area contributed by atoms with E-state index in [4.69, 9.17) is 15.2 Å². The molecule has 0 aliphatic heterocycles. The molecule has 0 aromatic heterocycles. The van der Waals surface area contributed by atoms with Gasteiger partial charge in [0.05, 0.1) is 26.5 Å². The van der Waals surface area contributed by atoms with Crippen LogP contribution in [0.2, 0.25) is 0 Å². The van der Waals surface area contributed by atoms with E-state index in [0.29, 0.717) is 18.3 Å². The zero-order valence-electron chi connectivity index (χ0n) is 15.0. The molecule has 0 saturated heterocycles. The van der Waals surface area contributed by atoms with Crippen molar-refractivity contribution in [2.45, 2.75) is 25.2 Å². The molecule has 0 radical (unpaired) electrons. The summed E-state index contributed by atoms with van der Waals surface area (Å²) in [4.78, 5) is 4.59. The van der Waals surface area contributed by atoms with Gasteiger partial charge in [0.2, 0.25) is 0 Å². The number of guanidine groups is 1. The zero-order valence-corrected chi connectivity index (χ0v) is 15.0. The second-order valence-corrected chi connectivity index (χ2v) is 6.49. The van der Waals surface area contributed by atoms with Crippen molar-refractivity contribution in [2.24, 2.45) is 10.7 Å². The van der Waals surface area contributed by atoms with Crippen molar-refractivity contribution < 1.29 is 9.47 Å². The molecular formula is C20H25N3O2. The van der Waals surface area contributed by atoms with E-state index in [1.807, 2.05) is 18.2 Å². The first-order valence-electron chi connectivity index (χ1n) is 8.43. The lowest BCUT2D eigenvalue weighted by Gasteiger charge is -2.17. The molecule has 0 unspecified atom stereocenters. The molecule has 1 aliphatic carbocycles. The van der Waals surface area contributed by atoms with Gasteiger partial charge in [-0.3, -0.25) is 4.99 Å². The van der Waals surface area contributed by atoms with Gasteiger partial charge in [0.25, 0.3) is 0 Å². The number of rotatable bonds is 6. The highest BCUT2D eigenvalue weighted by Crippen LogP contribution is 2.49. The predicted molar refractivity (Wildman–Crippen MR) is 102 cm³/mol. The SMILES string of the molecule is COc1ccc(OC)c(NC(N)=NCC2(c3ccccc3C)CC2)c1. The molecule has 3 N–H and O–H groups in total. The molecule has 25 heavy (non-hydrogen) atoms. The molecule has 0 bridgehead atoms. The van der Waals surface area contributed by atoms with E-state index in [1.165, 1.54) is 11.1 Å². The fourth-order valence-electron chi connectivity index (χ4n) is 3.16. The van der Waals surface area contributed by atoms with E-state index < -0.39 is 0 Å². The molecule has 1 saturated carbocycles. The van der Waals surface area contributed by atoms with Crippen molar-refractivity contribution in [3.05, 3.63) is 53.6 Å². The van der Waals surface area contributed by atoms with Crippen molar-refractivity contribution in [2.75, 3.05) is 26.1 Å². The second-order valence-electron chi connectivity index (χ2n) is 6.49. The number of methoxy groups -OCH3 is 2. The summed E-state index contributed by atoms with van der Waals surface area (Å²) in [5.74, 6) is 1.81. The van der Waals surface area contributed by atoms with Gasteiger partial charge in [0.1, 0.15) is 11.5 Å². The Morgan fingerprint density at radius 2 is 1.92 bits per heavy atom. The Labute approximate surface area is 148 Å². The highest BCUT2D eigenvalue weighted by atomic mass is 16.5. The summed E-state index contributed by atoms with van der Waals surface area (Å²) in [6.07, 6.45) is 2.30. The highest BCUT2D eigenvalue weighted by Gasteiger charge is 2.44. The summed E-state index contributed by atoms with van der Waals surface area (Å²) in [5.41, 5.74) is 9.69. The molecule has 0 heterocycles. The van der Waals surface area contributed by atoms with Crippen molar-refractivity contribution >= 4 is 11.6 Å². The number of ether oxygens (including phenoxy) is 2. The maximum Gasteiger partial charge on any atom is 0.193 e. The number of anilines is 1. The lowest BCUT2D eigenvalue weighted by Crippen LogP contribution is -2.25. The third kappa shape index (κ3) is 3.71. The average molecular weight is 339 g/mol. The van der Waals surface area contributed by atoms with Gasteiger partial charge >= 0.3 is 0 Å². The largest absolute Gasteiger partial charge is 0.497 e. The van der Waals surface area contributed by atoms with Gasteiger partial charge in [-0.25, -0.2) is 0 Å². The first-order valence-corrected chi connectivity index (χ1v) is 8.43. The summed E-state index contributed by atoms with van der Waals surface area (Å²) in [7, 11) is 3.25. The Balaban J connectivity index is 1.74. The quantitative estimate of drug-likeness (QED) is 0.624. The lowest BCUT2D eigenvalue weighted by atomic mass is 9.92. The van der Waals surface area contributed by atoms with Crippen LogP contribution in [-0.2, 0) is 5.41 Å². The smallest absolute Gasteiger partial charge is 0.193 e. The van der Waals surface area contributed by atoms with Crippen LogP contribution in [0.1, 0.15) is 24.0 Å². The van der Waals surface area contributed by atoms with Gasteiger partial charge < -0.3 is 20.5 Å².